The van der Waals surface area contributed by atoms with Gasteiger partial charge in [-0.25, -0.2) is 0 Å². The van der Waals surface area contributed by atoms with Crippen LogP contribution in [0, 0.1) is 34.0 Å². The Morgan fingerprint density at radius 2 is 0.960 bits per heavy atom. The predicted molar refractivity (Wildman–Crippen MR) is 200 cm³/mol. The summed E-state index contributed by atoms with van der Waals surface area (Å²) in [5, 5.41) is 34.3. The number of fused-ring (bicyclic) bond motifs is 6. The summed E-state index contributed by atoms with van der Waals surface area (Å²) < 4.78 is 4.37. The molecule has 0 N–H and O–H groups in total. The molecule has 2 aromatic heterocycles. The van der Waals surface area contributed by atoms with Crippen LogP contribution in [0.4, 0.5) is 0 Å². The van der Waals surface area contributed by atoms with Crippen molar-refractivity contribution >= 4 is 43.6 Å². The first kappa shape index (κ1) is 28.8. The van der Waals surface area contributed by atoms with Gasteiger partial charge in [0, 0.05) is 32.8 Å². The zero-order valence-electron chi connectivity index (χ0n) is 26.7. The van der Waals surface area contributed by atoms with Crippen molar-refractivity contribution < 1.29 is 0 Å². The van der Waals surface area contributed by atoms with Crippen LogP contribution in [-0.4, -0.2) is 9.13 Å². The number of nitriles is 3. The van der Waals surface area contributed by atoms with E-state index in [1.807, 2.05) is 78.9 Å². The van der Waals surface area contributed by atoms with Crippen molar-refractivity contribution in [3.63, 3.8) is 0 Å². The molecule has 0 aliphatic carbocycles. The van der Waals surface area contributed by atoms with Crippen LogP contribution in [0.2, 0.25) is 0 Å². The van der Waals surface area contributed by atoms with Gasteiger partial charge in [0.15, 0.2) is 0 Å². The Morgan fingerprint density at radius 1 is 0.380 bits per heavy atom. The van der Waals surface area contributed by atoms with E-state index in [1.165, 1.54) is 0 Å². The molecular weight excluding hydrogens is 611 g/mol. The number of hydrogen-bond donors (Lipinski definition) is 0. The third kappa shape index (κ3) is 4.38. The quantitative estimate of drug-likeness (QED) is 0.193. The summed E-state index contributed by atoms with van der Waals surface area (Å²) in [6.07, 6.45) is 0. The number of aromatic nitrogens is 2. The van der Waals surface area contributed by atoms with Gasteiger partial charge in [0.1, 0.15) is 6.07 Å². The standard InChI is InChI=1S/C45H25N5/c46-26-29-16-21-44-40(24-29)39-11-3-4-13-41(39)49(44)35-23-30(27-47)22-34(25-35)31-17-19-32(20-18-31)36-12-7-8-33(28-48)45(36)50-42-14-5-1-9-37(42)38-10-2-6-15-43(38)50/h1-25H. The smallest absolute Gasteiger partial charge is 0.101 e. The van der Waals surface area contributed by atoms with E-state index >= 15 is 0 Å². The second-order valence-electron chi connectivity index (χ2n) is 12.3. The highest BCUT2D eigenvalue weighted by atomic mass is 15.0. The van der Waals surface area contributed by atoms with Crippen LogP contribution in [0.5, 0.6) is 0 Å². The topological polar surface area (TPSA) is 81.2 Å². The Kier molecular flexibility index (Phi) is 6.56. The fraction of sp³-hybridized carbons (Fsp3) is 0. The highest BCUT2D eigenvalue weighted by Crippen LogP contribution is 2.39. The van der Waals surface area contributed by atoms with Crippen LogP contribution < -0.4 is 0 Å². The van der Waals surface area contributed by atoms with Crippen molar-refractivity contribution in [3.8, 4) is 51.8 Å². The predicted octanol–water partition coefficient (Wildman–Crippen LogP) is 10.8. The third-order valence-corrected chi connectivity index (χ3v) is 9.60. The second-order valence-corrected chi connectivity index (χ2v) is 12.3. The maximum atomic E-state index is 10.3. The summed E-state index contributed by atoms with van der Waals surface area (Å²) in [6.45, 7) is 0. The molecule has 0 saturated heterocycles. The highest BCUT2D eigenvalue weighted by molar-refractivity contribution is 6.11. The van der Waals surface area contributed by atoms with E-state index in [-0.39, 0.29) is 0 Å². The first-order valence-electron chi connectivity index (χ1n) is 16.3. The molecule has 2 heterocycles. The SMILES string of the molecule is N#Cc1cc(-c2ccc(-c3cccc(C#N)c3-n3c4ccccc4c4ccccc43)cc2)cc(-n2c3ccccc3c3cc(C#N)ccc32)c1. The molecule has 230 valence electrons. The van der Waals surface area contributed by atoms with E-state index in [4.69, 9.17) is 0 Å². The van der Waals surface area contributed by atoms with Crippen LogP contribution >= 0.6 is 0 Å². The van der Waals surface area contributed by atoms with Crippen molar-refractivity contribution in [3.05, 3.63) is 168 Å². The summed E-state index contributed by atoms with van der Waals surface area (Å²) in [6, 6.07) is 57.8. The number of benzene rings is 7. The van der Waals surface area contributed by atoms with E-state index < -0.39 is 0 Å². The highest BCUT2D eigenvalue weighted by Gasteiger charge is 2.19. The fourth-order valence-electron chi connectivity index (χ4n) is 7.41. The average molecular weight is 636 g/mol. The van der Waals surface area contributed by atoms with Crippen molar-refractivity contribution in [2.24, 2.45) is 0 Å². The second kappa shape index (κ2) is 11.4. The Balaban J connectivity index is 1.20. The van der Waals surface area contributed by atoms with Gasteiger partial charge in [-0.3, -0.25) is 0 Å². The molecule has 5 nitrogen and oxygen atoms in total. The van der Waals surface area contributed by atoms with Crippen molar-refractivity contribution in [1.82, 2.24) is 9.13 Å². The summed E-state index contributed by atoms with van der Waals surface area (Å²) in [7, 11) is 0. The van der Waals surface area contributed by atoms with Gasteiger partial charge in [0.2, 0.25) is 0 Å². The fourth-order valence-corrected chi connectivity index (χ4v) is 7.41. The lowest BCUT2D eigenvalue weighted by molar-refractivity contribution is 1.17. The molecule has 5 heteroatoms. The van der Waals surface area contributed by atoms with Gasteiger partial charge in [-0.2, -0.15) is 15.8 Å². The Labute approximate surface area is 287 Å². The van der Waals surface area contributed by atoms with E-state index in [0.29, 0.717) is 16.7 Å². The first-order valence-corrected chi connectivity index (χ1v) is 16.3. The zero-order valence-corrected chi connectivity index (χ0v) is 26.7. The molecule has 50 heavy (non-hydrogen) atoms. The van der Waals surface area contributed by atoms with E-state index in [0.717, 1.165) is 77.2 Å². The molecule has 0 radical (unpaired) electrons. The van der Waals surface area contributed by atoms with Crippen molar-refractivity contribution in [2.75, 3.05) is 0 Å². The van der Waals surface area contributed by atoms with E-state index in [1.54, 1.807) is 0 Å². The molecule has 0 aliphatic rings. The zero-order chi connectivity index (χ0) is 33.8. The number of rotatable bonds is 4. The molecule has 0 atom stereocenters. The molecule has 0 aliphatic heterocycles. The normalized spacial score (nSPS) is 11.1. The van der Waals surface area contributed by atoms with Crippen molar-refractivity contribution in [1.29, 1.82) is 15.8 Å². The van der Waals surface area contributed by atoms with Crippen LogP contribution in [0.3, 0.4) is 0 Å². The lowest BCUT2D eigenvalue weighted by Gasteiger charge is -2.16. The maximum absolute atomic E-state index is 10.3. The van der Waals surface area contributed by atoms with Gasteiger partial charge in [-0.05, 0) is 77.4 Å². The lowest BCUT2D eigenvalue weighted by atomic mass is 9.96. The molecule has 0 saturated carbocycles. The van der Waals surface area contributed by atoms with Gasteiger partial charge >= 0.3 is 0 Å². The Bertz CT molecular complexity index is 2900. The van der Waals surface area contributed by atoms with Crippen LogP contribution in [0.15, 0.2) is 152 Å². The van der Waals surface area contributed by atoms with Crippen molar-refractivity contribution in [2.45, 2.75) is 0 Å². The molecule has 9 rings (SSSR count). The minimum atomic E-state index is 0.552. The van der Waals surface area contributed by atoms with Gasteiger partial charge < -0.3 is 9.13 Å². The molecule has 7 aromatic carbocycles. The van der Waals surface area contributed by atoms with Gasteiger partial charge in [0.25, 0.3) is 0 Å². The molecule has 0 fully saturated rings. The molecule has 9 aromatic rings. The van der Waals surface area contributed by atoms with Gasteiger partial charge in [-0.1, -0.05) is 91.0 Å². The third-order valence-electron chi connectivity index (χ3n) is 9.60. The largest absolute Gasteiger partial charge is 0.309 e. The van der Waals surface area contributed by atoms with Crippen LogP contribution in [0.1, 0.15) is 16.7 Å². The maximum Gasteiger partial charge on any atom is 0.101 e. The average Bonchev–Trinajstić information content (AvgIpc) is 3.70. The minimum absolute atomic E-state index is 0.552. The number of nitrogens with zero attached hydrogens (tertiary/aromatic N) is 5. The van der Waals surface area contributed by atoms with E-state index in [9.17, 15) is 15.8 Å². The summed E-state index contributed by atoms with van der Waals surface area (Å²) in [5.41, 5.74) is 11.4. The monoisotopic (exact) mass is 635 g/mol. The van der Waals surface area contributed by atoms with Gasteiger partial charge in [-0.15, -0.1) is 0 Å². The first-order chi connectivity index (χ1) is 24.7. The summed E-state index contributed by atoms with van der Waals surface area (Å²) >= 11 is 0. The molecule has 0 bridgehead atoms. The molecule has 0 spiro atoms. The van der Waals surface area contributed by atoms with Crippen LogP contribution in [0.25, 0.3) is 77.2 Å². The molecule has 0 amide bonds. The molecule has 0 unspecified atom stereocenters. The summed E-state index contributed by atoms with van der Waals surface area (Å²) in [4.78, 5) is 0. The van der Waals surface area contributed by atoms with Gasteiger partial charge in [0.05, 0.1) is 56.6 Å². The van der Waals surface area contributed by atoms with Crippen LogP contribution in [-0.2, 0) is 0 Å². The Hall–Kier alpha value is -7.39. The minimum Gasteiger partial charge on any atom is -0.309 e. The lowest BCUT2D eigenvalue weighted by Crippen LogP contribution is -2.00. The summed E-state index contributed by atoms with van der Waals surface area (Å²) in [5.74, 6) is 0. The number of para-hydroxylation sites is 4. The Morgan fingerprint density at radius 3 is 1.60 bits per heavy atom. The van der Waals surface area contributed by atoms with E-state index in [2.05, 4.69) is 100 Å². The number of hydrogen-bond acceptors (Lipinski definition) is 3. The molecular formula is C45H25N5.